The third kappa shape index (κ3) is 4.02. The van der Waals surface area contributed by atoms with E-state index in [4.69, 9.17) is 0 Å². The van der Waals surface area contributed by atoms with Gasteiger partial charge in [-0.2, -0.15) is 0 Å². The Kier molecular flexibility index (Phi) is 6.26. The zero-order valence-electron chi connectivity index (χ0n) is 17.6. The lowest BCUT2D eigenvalue weighted by Gasteiger charge is -2.31. The normalized spacial score (nSPS) is 17.7. The van der Waals surface area contributed by atoms with Crippen LogP contribution in [0.1, 0.15) is 50.2 Å². The maximum atomic E-state index is 13.6. The third-order valence-electron chi connectivity index (χ3n) is 6.21. The summed E-state index contributed by atoms with van der Waals surface area (Å²) in [6, 6.07) is 13.7. The Morgan fingerprint density at radius 1 is 0.967 bits per heavy atom. The lowest BCUT2D eigenvalue weighted by molar-refractivity contribution is -0.141. The van der Waals surface area contributed by atoms with Gasteiger partial charge in [-0.3, -0.25) is 19.5 Å². The predicted octanol–water partition coefficient (Wildman–Crippen LogP) is 4.06. The number of likely N-dealkylation sites (N-methyl/N-ethyl adjacent to an activating group) is 1. The van der Waals surface area contributed by atoms with Gasteiger partial charge in [-0.15, -0.1) is 0 Å². The van der Waals surface area contributed by atoms with Gasteiger partial charge >= 0.3 is 0 Å². The van der Waals surface area contributed by atoms with E-state index in [2.05, 4.69) is 9.88 Å². The van der Waals surface area contributed by atoms with Crippen LogP contribution >= 0.6 is 0 Å². The quantitative estimate of drug-likeness (QED) is 0.654. The minimum absolute atomic E-state index is 0.0221. The van der Waals surface area contributed by atoms with Crippen LogP contribution in [-0.2, 0) is 16.0 Å². The van der Waals surface area contributed by atoms with Gasteiger partial charge in [-0.25, -0.2) is 0 Å². The van der Waals surface area contributed by atoms with E-state index in [0.717, 1.165) is 37.7 Å². The lowest BCUT2D eigenvalue weighted by Crippen LogP contribution is -2.43. The molecule has 0 atom stereocenters. The molecule has 2 aromatic rings. The van der Waals surface area contributed by atoms with E-state index in [9.17, 15) is 9.59 Å². The molecule has 5 nitrogen and oxygen atoms in total. The van der Waals surface area contributed by atoms with Crippen LogP contribution < -0.4 is 0 Å². The maximum absolute atomic E-state index is 13.6. The Bertz CT molecular complexity index is 918. The molecule has 1 aliphatic heterocycles. The van der Waals surface area contributed by atoms with E-state index < -0.39 is 0 Å². The maximum Gasteiger partial charge on any atom is 0.278 e. The molecule has 30 heavy (non-hydrogen) atoms. The Labute approximate surface area is 178 Å². The molecule has 4 rings (SSSR count). The second kappa shape index (κ2) is 9.24. The molecule has 0 radical (unpaired) electrons. The molecule has 2 heterocycles. The second-order valence-electron chi connectivity index (χ2n) is 8.05. The number of rotatable bonds is 7. The fourth-order valence-corrected chi connectivity index (χ4v) is 4.61. The van der Waals surface area contributed by atoms with Gasteiger partial charge in [0.15, 0.2) is 0 Å². The van der Waals surface area contributed by atoms with Gasteiger partial charge in [-0.05, 0) is 49.4 Å². The molecule has 0 saturated heterocycles. The molecule has 1 aromatic heterocycles. The van der Waals surface area contributed by atoms with E-state index in [1.807, 2.05) is 49.4 Å². The van der Waals surface area contributed by atoms with Gasteiger partial charge in [0, 0.05) is 31.5 Å². The van der Waals surface area contributed by atoms with Crippen molar-refractivity contribution in [1.82, 2.24) is 14.8 Å². The van der Waals surface area contributed by atoms with Gasteiger partial charge in [-0.1, -0.05) is 49.6 Å². The molecule has 0 unspecified atom stereocenters. The molecule has 2 amide bonds. The van der Waals surface area contributed by atoms with Gasteiger partial charge < -0.3 is 4.90 Å². The number of amides is 2. The average Bonchev–Trinajstić information content (AvgIpc) is 3.06. The first-order chi connectivity index (χ1) is 14.7. The highest BCUT2D eigenvalue weighted by atomic mass is 16.2. The second-order valence-corrected chi connectivity index (χ2v) is 8.05. The molecule has 1 aromatic carbocycles. The van der Waals surface area contributed by atoms with Crippen LogP contribution in [0.3, 0.4) is 0 Å². The monoisotopic (exact) mass is 403 g/mol. The number of nitrogens with zero attached hydrogens (tertiary/aromatic N) is 3. The van der Waals surface area contributed by atoms with Crippen LogP contribution in [-0.4, -0.2) is 45.7 Å². The minimum atomic E-state index is -0.129. The highest BCUT2D eigenvalue weighted by Crippen LogP contribution is 2.36. The minimum Gasteiger partial charge on any atom is -0.366 e. The lowest BCUT2D eigenvalue weighted by atomic mass is 9.94. The number of imide groups is 1. The molecule has 1 fully saturated rings. The summed E-state index contributed by atoms with van der Waals surface area (Å²) in [6.07, 6.45) is 9.55. The van der Waals surface area contributed by atoms with Gasteiger partial charge in [0.2, 0.25) is 0 Å². The molecule has 5 heteroatoms. The fraction of sp³-hybridized carbons (Fsp3) is 0.400. The van der Waals surface area contributed by atoms with E-state index in [1.165, 1.54) is 12.0 Å². The summed E-state index contributed by atoms with van der Waals surface area (Å²) >= 11 is 0. The van der Waals surface area contributed by atoms with Crippen molar-refractivity contribution in [3.05, 3.63) is 71.7 Å². The van der Waals surface area contributed by atoms with Crippen molar-refractivity contribution in [1.29, 1.82) is 0 Å². The van der Waals surface area contributed by atoms with Gasteiger partial charge in [0.1, 0.15) is 5.70 Å². The summed E-state index contributed by atoms with van der Waals surface area (Å²) in [5.74, 6) is -0.252. The number of benzene rings is 1. The Morgan fingerprint density at radius 2 is 1.67 bits per heavy atom. The highest BCUT2D eigenvalue weighted by Gasteiger charge is 2.44. The van der Waals surface area contributed by atoms with Crippen LogP contribution in [0.2, 0.25) is 0 Å². The summed E-state index contributed by atoms with van der Waals surface area (Å²) in [6.45, 7) is 3.40. The number of aromatic nitrogens is 1. The first-order valence-electron chi connectivity index (χ1n) is 11.0. The van der Waals surface area contributed by atoms with Crippen molar-refractivity contribution in [2.45, 2.75) is 51.5 Å². The number of hydrogen-bond acceptors (Lipinski definition) is 4. The number of carbonyl (C=O) groups is 2. The summed E-state index contributed by atoms with van der Waals surface area (Å²) < 4.78 is 0. The summed E-state index contributed by atoms with van der Waals surface area (Å²) in [5, 5.41) is 0. The van der Waals surface area contributed by atoms with E-state index in [1.54, 1.807) is 17.3 Å². The largest absolute Gasteiger partial charge is 0.366 e. The van der Waals surface area contributed by atoms with Crippen molar-refractivity contribution in [3.63, 3.8) is 0 Å². The Balaban J connectivity index is 1.68. The van der Waals surface area contributed by atoms with Crippen LogP contribution in [0.25, 0.3) is 5.57 Å². The van der Waals surface area contributed by atoms with Crippen molar-refractivity contribution in [2.24, 2.45) is 0 Å². The SMILES string of the molecule is CCN(CCc1ccncc1)C1=C(c2ccccc2)C(=O)N(C2CCCCC2)C1=O. The summed E-state index contributed by atoms with van der Waals surface area (Å²) in [4.78, 5) is 34.9. The number of pyridine rings is 1. The van der Waals surface area contributed by atoms with E-state index in [0.29, 0.717) is 24.4 Å². The van der Waals surface area contributed by atoms with Gasteiger partial charge in [0.25, 0.3) is 11.8 Å². The smallest absolute Gasteiger partial charge is 0.278 e. The number of hydrogen-bond donors (Lipinski definition) is 0. The van der Waals surface area contributed by atoms with Crippen LogP contribution in [0.5, 0.6) is 0 Å². The fourth-order valence-electron chi connectivity index (χ4n) is 4.61. The molecular weight excluding hydrogens is 374 g/mol. The zero-order chi connectivity index (χ0) is 20.9. The average molecular weight is 404 g/mol. The Morgan fingerprint density at radius 3 is 2.33 bits per heavy atom. The number of carbonyl (C=O) groups excluding carboxylic acids is 2. The molecule has 156 valence electrons. The summed E-state index contributed by atoms with van der Waals surface area (Å²) in [5.41, 5.74) is 3.12. The molecule has 0 N–H and O–H groups in total. The first-order valence-corrected chi connectivity index (χ1v) is 11.0. The van der Waals surface area contributed by atoms with E-state index in [-0.39, 0.29) is 17.9 Å². The predicted molar refractivity (Wildman–Crippen MR) is 117 cm³/mol. The Hall–Kier alpha value is -2.95. The molecule has 1 aliphatic carbocycles. The van der Waals surface area contributed by atoms with E-state index >= 15 is 0 Å². The van der Waals surface area contributed by atoms with Crippen LogP contribution in [0.15, 0.2) is 60.6 Å². The molecule has 1 saturated carbocycles. The standard InChI is InChI=1S/C25H29N3O2/c1-2-27(18-15-19-13-16-26-17-14-19)23-22(20-9-5-3-6-10-20)24(29)28(25(23)30)21-11-7-4-8-12-21/h3,5-6,9-10,13-14,16-17,21H,2,4,7-8,11-12,15,18H2,1H3. The highest BCUT2D eigenvalue weighted by molar-refractivity contribution is 6.35. The third-order valence-corrected chi connectivity index (χ3v) is 6.21. The van der Waals surface area contributed by atoms with Crippen molar-refractivity contribution in [3.8, 4) is 0 Å². The van der Waals surface area contributed by atoms with Crippen molar-refractivity contribution >= 4 is 17.4 Å². The van der Waals surface area contributed by atoms with Crippen molar-refractivity contribution < 1.29 is 9.59 Å². The van der Waals surface area contributed by atoms with Crippen LogP contribution in [0.4, 0.5) is 0 Å². The molecule has 0 spiro atoms. The molecule has 2 aliphatic rings. The summed E-state index contributed by atoms with van der Waals surface area (Å²) in [7, 11) is 0. The van der Waals surface area contributed by atoms with Crippen molar-refractivity contribution in [2.75, 3.05) is 13.1 Å². The van der Waals surface area contributed by atoms with Crippen LogP contribution in [0, 0.1) is 0 Å². The molecular formula is C25H29N3O2. The topological polar surface area (TPSA) is 53.5 Å². The first kappa shape index (κ1) is 20.3. The zero-order valence-corrected chi connectivity index (χ0v) is 17.6. The van der Waals surface area contributed by atoms with Gasteiger partial charge in [0.05, 0.1) is 5.57 Å². The molecule has 0 bridgehead atoms.